The molecule has 2 heteroatoms. The van der Waals surface area contributed by atoms with Crippen molar-refractivity contribution in [2.45, 2.75) is 17.8 Å². The Morgan fingerprint density at radius 3 is 1.62 bits per heavy atom. The maximum Gasteiger partial charge on any atom is 0.0713 e. The van der Waals surface area contributed by atoms with Crippen molar-refractivity contribution in [3.05, 3.63) is 282 Å². The van der Waals surface area contributed by atoms with Crippen LogP contribution >= 0.6 is 11.3 Å². The molecule has 0 aliphatic heterocycles. The molecule has 1 nitrogen and oxygen atoms in total. The number of anilines is 3. The van der Waals surface area contributed by atoms with Crippen LogP contribution in [0.3, 0.4) is 0 Å². The predicted octanol–water partition coefficient (Wildman–Crippen LogP) is 16.9. The number of fused-ring (bicyclic) bond motifs is 9. The summed E-state index contributed by atoms with van der Waals surface area (Å²) in [5.41, 5.74) is 19.1. The third-order valence-corrected chi connectivity index (χ3v) is 15.6. The number of rotatable bonds is 7. The molecule has 306 valence electrons. The topological polar surface area (TPSA) is 3.24 Å². The maximum atomic E-state index is 2.49. The standard InChI is InChI=1S/C63H43NS/c1-62(44-19-5-2-6-20-44)56-29-14-11-26-50(56)52-35-33-49(41-59(52)62)64(47-25-17-18-42(38-47)43-32-37-61-55(39-43)53-28-13-16-31-60(53)65-61)48-34-36-58-54(40-48)51-27-12-15-30-57(51)63(58,45-21-7-3-8-22-45)46-23-9-4-10-24-46/h2-41H,1H3. The molecule has 0 bridgehead atoms. The zero-order valence-electron chi connectivity index (χ0n) is 35.9. The highest BCUT2D eigenvalue weighted by Crippen LogP contribution is 2.58. The third kappa shape index (κ3) is 5.57. The molecular formula is C63H43NS. The van der Waals surface area contributed by atoms with Gasteiger partial charge < -0.3 is 4.90 Å². The van der Waals surface area contributed by atoms with Crippen LogP contribution in [0, 0.1) is 0 Å². The van der Waals surface area contributed by atoms with Crippen LogP contribution in [0.2, 0.25) is 0 Å². The Hall–Kier alpha value is -7.78. The van der Waals surface area contributed by atoms with Gasteiger partial charge in [-0.15, -0.1) is 11.3 Å². The van der Waals surface area contributed by atoms with Crippen LogP contribution in [0.5, 0.6) is 0 Å². The Labute approximate surface area is 384 Å². The fraction of sp³-hybridized carbons (Fsp3) is 0.0476. The van der Waals surface area contributed by atoms with Crippen LogP contribution in [-0.4, -0.2) is 0 Å². The minimum Gasteiger partial charge on any atom is -0.310 e. The van der Waals surface area contributed by atoms with Crippen molar-refractivity contribution in [2.24, 2.45) is 0 Å². The smallest absolute Gasteiger partial charge is 0.0713 e. The van der Waals surface area contributed by atoms with Gasteiger partial charge in [0.25, 0.3) is 0 Å². The molecule has 1 atom stereocenters. The molecule has 0 fully saturated rings. The molecule has 0 N–H and O–H groups in total. The Kier molecular flexibility index (Phi) is 8.50. The lowest BCUT2D eigenvalue weighted by atomic mass is 9.68. The molecule has 0 amide bonds. The molecule has 0 spiro atoms. The quantitative estimate of drug-likeness (QED) is 0.154. The van der Waals surface area contributed by atoms with Gasteiger partial charge in [0, 0.05) is 42.6 Å². The van der Waals surface area contributed by atoms with Crippen molar-refractivity contribution in [1.82, 2.24) is 0 Å². The molecule has 11 aromatic rings. The van der Waals surface area contributed by atoms with Gasteiger partial charge in [0.2, 0.25) is 0 Å². The summed E-state index contributed by atoms with van der Waals surface area (Å²) >= 11 is 1.86. The van der Waals surface area contributed by atoms with Crippen LogP contribution < -0.4 is 4.90 Å². The summed E-state index contributed by atoms with van der Waals surface area (Å²) in [6.45, 7) is 2.41. The number of thiophene rings is 1. The van der Waals surface area contributed by atoms with Crippen molar-refractivity contribution in [3.8, 4) is 33.4 Å². The summed E-state index contributed by atoms with van der Waals surface area (Å²) in [4.78, 5) is 2.49. The van der Waals surface area contributed by atoms with Gasteiger partial charge in [-0.2, -0.15) is 0 Å². The van der Waals surface area contributed by atoms with Crippen LogP contribution in [0.1, 0.15) is 45.9 Å². The lowest BCUT2D eigenvalue weighted by molar-refractivity contribution is 0.714. The summed E-state index contributed by atoms with van der Waals surface area (Å²) in [6, 6.07) is 90.5. The summed E-state index contributed by atoms with van der Waals surface area (Å²) in [5.74, 6) is 0. The minimum absolute atomic E-state index is 0.336. The van der Waals surface area contributed by atoms with Gasteiger partial charge in [0.15, 0.2) is 0 Å². The highest BCUT2D eigenvalue weighted by atomic mass is 32.1. The van der Waals surface area contributed by atoms with Crippen molar-refractivity contribution in [1.29, 1.82) is 0 Å². The predicted molar refractivity (Wildman–Crippen MR) is 274 cm³/mol. The molecule has 0 saturated heterocycles. The fourth-order valence-corrected chi connectivity index (χ4v) is 12.5. The van der Waals surface area contributed by atoms with Gasteiger partial charge in [0.1, 0.15) is 0 Å². The van der Waals surface area contributed by atoms with Gasteiger partial charge in [0.05, 0.1) is 5.41 Å². The van der Waals surface area contributed by atoms with E-state index in [9.17, 15) is 0 Å². The third-order valence-electron chi connectivity index (χ3n) is 14.4. The molecule has 2 aliphatic rings. The fourth-order valence-electron chi connectivity index (χ4n) is 11.5. The zero-order valence-corrected chi connectivity index (χ0v) is 36.8. The Balaban J connectivity index is 1.04. The van der Waals surface area contributed by atoms with Gasteiger partial charge in [-0.25, -0.2) is 0 Å². The number of hydrogen-bond acceptors (Lipinski definition) is 2. The summed E-state index contributed by atoms with van der Waals surface area (Å²) in [7, 11) is 0. The summed E-state index contributed by atoms with van der Waals surface area (Å²) in [6.07, 6.45) is 0. The lowest BCUT2D eigenvalue weighted by Crippen LogP contribution is -2.28. The first-order valence-electron chi connectivity index (χ1n) is 22.6. The second-order valence-corrected chi connectivity index (χ2v) is 18.8. The van der Waals surface area contributed by atoms with Crippen LogP contribution in [0.15, 0.2) is 243 Å². The number of hydrogen-bond donors (Lipinski definition) is 0. The first-order valence-corrected chi connectivity index (χ1v) is 23.4. The van der Waals surface area contributed by atoms with Crippen molar-refractivity contribution >= 4 is 48.6 Å². The van der Waals surface area contributed by atoms with E-state index in [1.807, 2.05) is 11.3 Å². The Morgan fingerprint density at radius 2 is 0.862 bits per heavy atom. The average Bonchev–Trinajstić information content (AvgIpc) is 3.99. The molecule has 13 rings (SSSR count). The van der Waals surface area contributed by atoms with Gasteiger partial charge in [-0.3, -0.25) is 0 Å². The number of nitrogens with zero attached hydrogens (tertiary/aromatic N) is 1. The van der Waals surface area contributed by atoms with E-state index in [0.29, 0.717) is 0 Å². The van der Waals surface area contributed by atoms with Crippen LogP contribution in [0.4, 0.5) is 17.1 Å². The SMILES string of the molecule is CC1(c2ccccc2)c2ccccc2-c2ccc(N(c3cccc(-c4ccc5sc6ccccc6c5c4)c3)c3ccc4c(c3)-c3ccccc3C4(c3ccccc3)c3ccccc3)cc21. The first-order chi connectivity index (χ1) is 32.1. The maximum absolute atomic E-state index is 2.49. The second kappa shape index (κ2) is 14.6. The van der Waals surface area contributed by atoms with E-state index in [4.69, 9.17) is 0 Å². The molecule has 65 heavy (non-hydrogen) atoms. The van der Waals surface area contributed by atoms with Gasteiger partial charge >= 0.3 is 0 Å². The molecule has 1 unspecified atom stereocenters. The first kappa shape index (κ1) is 37.7. The van der Waals surface area contributed by atoms with E-state index < -0.39 is 5.41 Å². The zero-order chi connectivity index (χ0) is 43.1. The van der Waals surface area contributed by atoms with E-state index in [2.05, 4.69) is 254 Å². The van der Waals surface area contributed by atoms with E-state index >= 15 is 0 Å². The molecule has 1 heterocycles. The molecule has 1 aromatic heterocycles. The monoisotopic (exact) mass is 845 g/mol. The molecule has 0 saturated carbocycles. The number of benzene rings is 10. The van der Waals surface area contributed by atoms with Crippen molar-refractivity contribution in [2.75, 3.05) is 4.90 Å². The largest absolute Gasteiger partial charge is 0.310 e. The van der Waals surface area contributed by atoms with Gasteiger partial charge in [-0.05, 0) is 134 Å². The highest BCUT2D eigenvalue weighted by molar-refractivity contribution is 7.25. The van der Waals surface area contributed by atoms with E-state index in [0.717, 1.165) is 17.1 Å². The van der Waals surface area contributed by atoms with Crippen LogP contribution in [-0.2, 0) is 10.8 Å². The van der Waals surface area contributed by atoms with Crippen LogP contribution in [0.25, 0.3) is 53.6 Å². The second-order valence-electron chi connectivity index (χ2n) is 17.7. The Morgan fingerprint density at radius 1 is 0.323 bits per heavy atom. The molecule has 0 radical (unpaired) electrons. The molecule has 2 aliphatic carbocycles. The van der Waals surface area contributed by atoms with E-state index in [-0.39, 0.29) is 5.41 Å². The summed E-state index contributed by atoms with van der Waals surface area (Å²) < 4.78 is 2.64. The molecule has 10 aromatic carbocycles. The van der Waals surface area contributed by atoms with Crippen molar-refractivity contribution < 1.29 is 0 Å². The lowest BCUT2D eigenvalue weighted by Gasteiger charge is -2.34. The van der Waals surface area contributed by atoms with E-state index in [1.54, 1.807) is 0 Å². The highest BCUT2D eigenvalue weighted by Gasteiger charge is 2.46. The molecular weight excluding hydrogens is 803 g/mol. The normalized spacial score (nSPS) is 15.3. The van der Waals surface area contributed by atoms with E-state index in [1.165, 1.54) is 92.5 Å². The Bertz CT molecular complexity index is 3580. The van der Waals surface area contributed by atoms with Gasteiger partial charge in [-0.1, -0.05) is 188 Å². The minimum atomic E-state index is -0.473. The average molecular weight is 846 g/mol. The van der Waals surface area contributed by atoms with Crippen molar-refractivity contribution in [3.63, 3.8) is 0 Å². The summed E-state index contributed by atoms with van der Waals surface area (Å²) in [5, 5.41) is 2.62.